The fraction of sp³-hybridized carbons (Fsp3) is 0.143. The van der Waals surface area contributed by atoms with Gasteiger partial charge in [-0.1, -0.05) is 54.6 Å². The first-order chi connectivity index (χ1) is 16.5. The Balaban J connectivity index is 2.04. The maximum atomic E-state index is 9.48. The third-order valence-electron chi connectivity index (χ3n) is 5.23. The van der Waals surface area contributed by atoms with Crippen LogP contribution in [0.15, 0.2) is 99.5 Å². The van der Waals surface area contributed by atoms with E-state index in [-0.39, 0.29) is 5.75 Å². The lowest BCUT2D eigenvalue weighted by Gasteiger charge is -2.14. The number of amidine groups is 1. The van der Waals surface area contributed by atoms with E-state index in [1.807, 2.05) is 74.5 Å². The molecule has 0 saturated carbocycles. The highest BCUT2D eigenvalue weighted by atomic mass is 16.3. The summed E-state index contributed by atoms with van der Waals surface area (Å²) in [5.41, 5.74) is 12.3. The fourth-order valence-corrected chi connectivity index (χ4v) is 3.44. The van der Waals surface area contributed by atoms with Crippen molar-refractivity contribution >= 4 is 29.7 Å². The van der Waals surface area contributed by atoms with Crippen LogP contribution in [0.25, 0.3) is 11.1 Å². The molecule has 0 aliphatic carbocycles. The Morgan fingerprint density at radius 3 is 2.41 bits per heavy atom. The van der Waals surface area contributed by atoms with Crippen molar-refractivity contribution < 1.29 is 5.11 Å². The van der Waals surface area contributed by atoms with Crippen LogP contribution in [0.3, 0.4) is 0 Å². The van der Waals surface area contributed by atoms with E-state index in [4.69, 9.17) is 16.1 Å². The molecule has 6 nitrogen and oxygen atoms in total. The van der Waals surface area contributed by atoms with Gasteiger partial charge in [-0.05, 0) is 55.2 Å². The van der Waals surface area contributed by atoms with Crippen molar-refractivity contribution in [2.75, 3.05) is 6.54 Å². The largest absolute Gasteiger partial charge is 0.508 e. The second kappa shape index (κ2) is 12.1. The SMILES string of the molecule is CC=N/C=C(\C=N)C(C)=Nc1cccc(-c2ccccc2)c1C(N)=NCCc1ccc(O)cc1. The molecule has 0 fully saturated rings. The number of hydrogen-bond donors (Lipinski definition) is 3. The van der Waals surface area contributed by atoms with E-state index >= 15 is 0 Å². The molecule has 3 rings (SSSR count). The zero-order valence-corrected chi connectivity index (χ0v) is 19.4. The highest BCUT2D eigenvalue weighted by Crippen LogP contribution is 2.31. The molecule has 0 aromatic heterocycles. The Morgan fingerprint density at radius 1 is 1.00 bits per heavy atom. The van der Waals surface area contributed by atoms with Crippen LogP contribution in [0.2, 0.25) is 0 Å². The van der Waals surface area contributed by atoms with Crippen molar-refractivity contribution in [3.05, 3.63) is 95.7 Å². The van der Waals surface area contributed by atoms with E-state index in [2.05, 4.69) is 9.98 Å². The highest BCUT2D eigenvalue weighted by molar-refractivity contribution is 6.16. The third-order valence-corrected chi connectivity index (χ3v) is 5.23. The normalized spacial score (nSPS) is 12.8. The molecule has 0 heterocycles. The van der Waals surface area contributed by atoms with E-state index in [0.29, 0.717) is 35.8 Å². The second-order valence-electron chi connectivity index (χ2n) is 7.58. The van der Waals surface area contributed by atoms with Crippen LogP contribution in [0.5, 0.6) is 5.75 Å². The summed E-state index contributed by atoms with van der Waals surface area (Å²) in [6.45, 7) is 4.17. The van der Waals surface area contributed by atoms with Gasteiger partial charge in [0.15, 0.2) is 0 Å². The molecule has 4 N–H and O–H groups in total. The van der Waals surface area contributed by atoms with Crippen molar-refractivity contribution in [1.29, 1.82) is 5.41 Å². The van der Waals surface area contributed by atoms with Crippen LogP contribution in [0, 0.1) is 5.41 Å². The van der Waals surface area contributed by atoms with Crippen LogP contribution in [-0.2, 0) is 6.42 Å². The van der Waals surface area contributed by atoms with Gasteiger partial charge in [0, 0.05) is 42.0 Å². The molecule has 3 aromatic carbocycles. The Labute approximate surface area is 200 Å². The van der Waals surface area contributed by atoms with E-state index in [0.717, 1.165) is 22.3 Å². The van der Waals surface area contributed by atoms with Gasteiger partial charge in [0.2, 0.25) is 0 Å². The Hall–Kier alpha value is -4.32. The Morgan fingerprint density at radius 2 is 1.74 bits per heavy atom. The topological polar surface area (TPSA) is 107 Å². The van der Waals surface area contributed by atoms with E-state index in [1.165, 1.54) is 6.21 Å². The number of benzene rings is 3. The molecule has 6 heteroatoms. The lowest BCUT2D eigenvalue weighted by Crippen LogP contribution is -2.16. The van der Waals surface area contributed by atoms with Crippen molar-refractivity contribution in [2.45, 2.75) is 20.3 Å². The Kier molecular flexibility index (Phi) is 8.63. The molecule has 3 aromatic rings. The van der Waals surface area contributed by atoms with Crippen LogP contribution in [-0.4, -0.2) is 35.6 Å². The molecule has 34 heavy (non-hydrogen) atoms. The summed E-state index contributed by atoms with van der Waals surface area (Å²) in [6, 6.07) is 22.9. The van der Waals surface area contributed by atoms with Gasteiger partial charge in [0.1, 0.15) is 11.6 Å². The molecule has 0 aliphatic heterocycles. The first-order valence-electron chi connectivity index (χ1n) is 11.0. The summed E-state index contributed by atoms with van der Waals surface area (Å²) in [5.74, 6) is 0.640. The van der Waals surface area contributed by atoms with Crippen molar-refractivity contribution in [1.82, 2.24) is 0 Å². The number of phenols is 1. The van der Waals surface area contributed by atoms with Gasteiger partial charge in [0.05, 0.1) is 5.69 Å². The molecule has 0 bridgehead atoms. The number of rotatable bonds is 9. The summed E-state index contributed by atoms with van der Waals surface area (Å²) in [4.78, 5) is 13.6. The predicted molar refractivity (Wildman–Crippen MR) is 143 cm³/mol. The smallest absolute Gasteiger partial charge is 0.128 e. The minimum Gasteiger partial charge on any atom is -0.508 e. The Bertz CT molecular complexity index is 1240. The first kappa shape index (κ1) is 24.3. The molecule has 0 saturated heterocycles. The van der Waals surface area contributed by atoms with Gasteiger partial charge >= 0.3 is 0 Å². The standard InChI is InChI=1S/C28H29N5O/c1-3-31-19-23(18-29)20(2)33-26-11-7-10-25(22-8-5-4-6-9-22)27(26)28(30)32-17-16-21-12-14-24(34)15-13-21/h3-15,18-19,29,34H,16-17H2,1-2H3,(H2,30,32)/b23-19+,29-18?,31-3?,33-20?. The molecular weight excluding hydrogens is 422 g/mol. The van der Waals surface area contributed by atoms with Crippen LogP contribution < -0.4 is 5.73 Å². The summed E-state index contributed by atoms with van der Waals surface area (Å²) >= 11 is 0. The van der Waals surface area contributed by atoms with E-state index < -0.39 is 0 Å². The second-order valence-corrected chi connectivity index (χ2v) is 7.58. The number of hydrogen-bond acceptors (Lipinski definition) is 5. The summed E-state index contributed by atoms with van der Waals surface area (Å²) in [5, 5.41) is 17.2. The van der Waals surface area contributed by atoms with Gasteiger partial charge in [-0.25, -0.2) is 0 Å². The first-order valence-corrected chi connectivity index (χ1v) is 11.0. The van der Waals surface area contributed by atoms with Gasteiger partial charge in [-0.15, -0.1) is 0 Å². The predicted octanol–water partition coefficient (Wildman–Crippen LogP) is 5.72. The quantitative estimate of drug-likeness (QED) is 0.286. The molecule has 0 spiro atoms. The van der Waals surface area contributed by atoms with Gasteiger partial charge in [-0.2, -0.15) is 0 Å². The van der Waals surface area contributed by atoms with Crippen molar-refractivity contribution in [3.63, 3.8) is 0 Å². The van der Waals surface area contributed by atoms with E-state index in [1.54, 1.807) is 24.5 Å². The number of nitrogens with one attached hydrogen (secondary N) is 1. The monoisotopic (exact) mass is 451 g/mol. The van der Waals surface area contributed by atoms with Crippen LogP contribution in [0.1, 0.15) is 25.0 Å². The molecule has 0 unspecified atom stereocenters. The molecule has 172 valence electrons. The average molecular weight is 452 g/mol. The number of allylic oxidation sites excluding steroid dienone is 1. The number of phenolic OH excluding ortho intramolecular Hbond substituents is 1. The van der Waals surface area contributed by atoms with Crippen LogP contribution >= 0.6 is 0 Å². The minimum absolute atomic E-state index is 0.240. The molecular formula is C28H29N5O. The van der Waals surface area contributed by atoms with E-state index in [9.17, 15) is 5.11 Å². The van der Waals surface area contributed by atoms with Crippen molar-refractivity contribution in [2.24, 2.45) is 20.7 Å². The number of nitrogens with zero attached hydrogens (tertiary/aromatic N) is 3. The molecule has 0 atom stereocenters. The third kappa shape index (κ3) is 6.36. The lowest BCUT2D eigenvalue weighted by atomic mass is 9.97. The fourth-order valence-electron chi connectivity index (χ4n) is 3.44. The maximum absolute atomic E-state index is 9.48. The maximum Gasteiger partial charge on any atom is 0.128 e. The summed E-state index contributed by atoms with van der Waals surface area (Å²) < 4.78 is 0. The minimum atomic E-state index is 0.240. The number of aliphatic imine (C=N–C) groups is 3. The summed E-state index contributed by atoms with van der Waals surface area (Å²) in [7, 11) is 0. The average Bonchev–Trinajstić information content (AvgIpc) is 2.86. The van der Waals surface area contributed by atoms with Crippen molar-refractivity contribution in [3.8, 4) is 16.9 Å². The lowest BCUT2D eigenvalue weighted by molar-refractivity contribution is 0.475. The molecule has 0 radical (unpaired) electrons. The number of aromatic hydroxyl groups is 1. The van der Waals surface area contributed by atoms with Gasteiger partial charge < -0.3 is 16.2 Å². The zero-order chi connectivity index (χ0) is 24.3. The molecule has 0 aliphatic rings. The van der Waals surface area contributed by atoms with Crippen LogP contribution in [0.4, 0.5) is 5.69 Å². The van der Waals surface area contributed by atoms with Gasteiger partial charge in [-0.3, -0.25) is 15.0 Å². The van der Waals surface area contributed by atoms with Gasteiger partial charge in [0.25, 0.3) is 0 Å². The highest BCUT2D eigenvalue weighted by Gasteiger charge is 2.14. The zero-order valence-electron chi connectivity index (χ0n) is 19.4. The molecule has 0 amide bonds. The summed E-state index contributed by atoms with van der Waals surface area (Å²) in [6.07, 6.45) is 5.21. The number of nitrogens with two attached hydrogens (primary N) is 1.